The third-order valence-corrected chi connectivity index (χ3v) is 3.62. The van der Waals surface area contributed by atoms with Crippen LogP contribution in [-0.2, 0) is 9.53 Å². The van der Waals surface area contributed by atoms with Gasteiger partial charge >= 0.3 is 0 Å². The van der Waals surface area contributed by atoms with Gasteiger partial charge in [0.2, 0.25) is 5.91 Å². The summed E-state index contributed by atoms with van der Waals surface area (Å²) in [5.41, 5.74) is 0.288. The molecule has 0 saturated heterocycles. The van der Waals surface area contributed by atoms with E-state index in [1.165, 1.54) is 18.6 Å². The summed E-state index contributed by atoms with van der Waals surface area (Å²) in [5, 5.41) is 2.91. The standard InChI is InChI=1S/C17H28N4O3/c1-4-14(3)20-16(22)7-11-21(10-6-12-24-5-2)17(23)15-13-18-8-9-19-15/h8-9,13-14H,4-7,10-12H2,1-3H3,(H,20,22). The molecule has 2 amide bonds. The van der Waals surface area contributed by atoms with Crippen molar-refractivity contribution in [3.8, 4) is 0 Å². The number of amides is 2. The molecule has 0 aromatic carbocycles. The maximum atomic E-state index is 12.6. The van der Waals surface area contributed by atoms with E-state index >= 15 is 0 Å². The zero-order valence-electron chi connectivity index (χ0n) is 14.8. The van der Waals surface area contributed by atoms with Crippen molar-refractivity contribution in [2.45, 2.75) is 46.1 Å². The number of aromatic nitrogens is 2. The highest BCUT2D eigenvalue weighted by Crippen LogP contribution is 2.04. The Morgan fingerprint density at radius 3 is 2.71 bits per heavy atom. The summed E-state index contributed by atoms with van der Waals surface area (Å²) in [4.78, 5) is 34.1. The van der Waals surface area contributed by atoms with E-state index in [4.69, 9.17) is 4.74 Å². The minimum atomic E-state index is -0.212. The van der Waals surface area contributed by atoms with Gasteiger partial charge in [-0.2, -0.15) is 0 Å². The highest BCUT2D eigenvalue weighted by molar-refractivity contribution is 5.92. The van der Waals surface area contributed by atoms with Gasteiger partial charge in [0.25, 0.3) is 5.91 Å². The fourth-order valence-corrected chi connectivity index (χ4v) is 2.07. The third kappa shape index (κ3) is 7.50. The second-order valence-corrected chi connectivity index (χ2v) is 5.56. The predicted molar refractivity (Wildman–Crippen MR) is 91.6 cm³/mol. The smallest absolute Gasteiger partial charge is 0.274 e. The fraction of sp³-hybridized carbons (Fsp3) is 0.647. The Kier molecular flexibility index (Phi) is 9.60. The van der Waals surface area contributed by atoms with Crippen molar-refractivity contribution in [3.63, 3.8) is 0 Å². The van der Waals surface area contributed by atoms with Gasteiger partial charge in [0.05, 0.1) is 6.20 Å². The van der Waals surface area contributed by atoms with Gasteiger partial charge in [0.15, 0.2) is 0 Å². The van der Waals surface area contributed by atoms with Crippen LogP contribution in [0.25, 0.3) is 0 Å². The van der Waals surface area contributed by atoms with Crippen molar-refractivity contribution in [3.05, 3.63) is 24.3 Å². The van der Waals surface area contributed by atoms with Crippen LogP contribution in [0.3, 0.4) is 0 Å². The molecule has 1 rings (SSSR count). The molecule has 0 aliphatic heterocycles. The lowest BCUT2D eigenvalue weighted by atomic mass is 10.2. The lowest BCUT2D eigenvalue weighted by molar-refractivity contribution is -0.121. The van der Waals surface area contributed by atoms with Gasteiger partial charge in [-0.25, -0.2) is 4.98 Å². The van der Waals surface area contributed by atoms with Crippen molar-refractivity contribution in [2.24, 2.45) is 0 Å². The lowest BCUT2D eigenvalue weighted by Crippen LogP contribution is -2.38. The molecule has 0 bridgehead atoms. The third-order valence-electron chi connectivity index (χ3n) is 3.62. The molecule has 0 radical (unpaired) electrons. The monoisotopic (exact) mass is 336 g/mol. The number of ether oxygens (including phenoxy) is 1. The second kappa shape index (κ2) is 11.5. The summed E-state index contributed by atoms with van der Waals surface area (Å²) in [7, 11) is 0. The zero-order valence-corrected chi connectivity index (χ0v) is 14.8. The molecule has 1 N–H and O–H groups in total. The molecule has 1 heterocycles. The van der Waals surface area contributed by atoms with Gasteiger partial charge in [0, 0.05) is 51.2 Å². The molecule has 1 aromatic rings. The number of carbonyl (C=O) groups is 2. The molecule has 1 aromatic heterocycles. The first kappa shape index (κ1) is 20.0. The molecule has 0 aliphatic carbocycles. The summed E-state index contributed by atoms with van der Waals surface area (Å²) in [6, 6.07) is 0.139. The van der Waals surface area contributed by atoms with E-state index in [9.17, 15) is 9.59 Å². The number of nitrogens with zero attached hydrogens (tertiary/aromatic N) is 3. The Hall–Kier alpha value is -2.02. The molecule has 0 saturated carbocycles. The maximum Gasteiger partial charge on any atom is 0.274 e. The maximum absolute atomic E-state index is 12.6. The fourth-order valence-electron chi connectivity index (χ4n) is 2.07. The van der Waals surface area contributed by atoms with E-state index in [2.05, 4.69) is 15.3 Å². The van der Waals surface area contributed by atoms with E-state index < -0.39 is 0 Å². The van der Waals surface area contributed by atoms with Gasteiger partial charge in [-0.05, 0) is 26.7 Å². The lowest BCUT2D eigenvalue weighted by Gasteiger charge is -2.22. The second-order valence-electron chi connectivity index (χ2n) is 5.56. The summed E-state index contributed by atoms with van der Waals surface area (Å²) in [6.45, 7) is 8.01. The van der Waals surface area contributed by atoms with Crippen LogP contribution in [0, 0.1) is 0 Å². The molecule has 0 aliphatic rings. The van der Waals surface area contributed by atoms with E-state index in [1.807, 2.05) is 20.8 Å². The molecular formula is C17H28N4O3. The van der Waals surface area contributed by atoms with Crippen LogP contribution in [0.4, 0.5) is 0 Å². The first-order valence-electron chi connectivity index (χ1n) is 8.50. The van der Waals surface area contributed by atoms with E-state index in [0.717, 1.165) is 6.42 Å². The molecule has 24 heavy (non-hydrogen) atoms. The van der Waals surface area contributed by atoms with E-state index in [-0.39, 0.29) is 30.0 Å². The average molecular weight is 336 g/mol. The minimum Gasteiger partial charge on any atom is -0.382 e. The number of hydrogen-bond acceptors (Lipinski definition) is 5. The molecule has 1 atom stereocenters. The molecule has 0 spiro atoms. The topological polar surface area (TPSA) is 84.4 Å². The summed E-state index contributed by atoms with van der Waals surface area (Å²) < 4.78 is 5.32. The van der Waals surface area contributed by atoms with Crippen LogP contribution in [0.1, 0.15) is 50.5 Å². The van der Waals surface area contributed by atoms with Crippen LogP contribution in [0.2, 0.25) is 0 Å². The highest BCUT2D eigenvalue weighted by atomic mass is 16.5. The Balaban J connectivity index is 2.60. The number of hydrogen-bond donors (Lipinski definition) is 1. The Morgan fingerprint density at radius 2 is 2.08 bits per heavy atom. The predicted octanol–water partition coefficient (Wildman–Crippen LogP) is 1.65. The van der Waals surface area contributed by atoms with Crippen molar-refractivity contribution in [2.75, 3.05) is 26.3 Å². The molecule has 7 nitrogen and oxygen atoms in total. The summed E-state index contributed by atoms with van der Waals surface area (Å²) in [5.74, 6) is -0.262. The van der Waals surface area contributed by atoms with Gasteiger partial charge in [-0.3, -0.25) is 14.6 Å². The minimum absolute atomic E-state index is 0.0499. The van der Waals surface area contributed by atoms with Gasteiger partial charge < -0.3 is 15.0 Å². The van der Waals surface area contributed by atoms with Gasteiger partial charge in [-0.1, -0.05) is 6.92 Å². The molecule has 0 fully saturated rings. The van der Waals surface area contributed by atoms with Crippen molar-refractivity contribution >= 4 is 11.8 Å². The summed E-state index contributed by atoms with van der Waals surface area (Å²) >= 11 is 0. The molecule has 1 unspecified atom stereocenters. The molecule has 7 heteroatoms. The van der Waals surface area contributed by atoms with Gasteiger partial charge in [0.1, 0.15) is 5.69 Å². The van der Waals surface area contributed by atoms with Crippen LogP contribution in [0.5, 0.6) is 0 Å². The Labute approximate surface area is 143 Å². The van der Waals surface area contributed by atoms with Crippen molar-refractivity contribution in [1.29, 1.82) is 0 Å². The number of nitrogens with one attached hydrogen (secondary N) is 1. The average Bonchev–Trinajstić information content (AvgIpc) is 2.61. The van der Waals surface area contributed by atoms with E-state index in [0.29, 0.717) is 32.7 Å². The quantitative estimate of drug-likeness (QED) is 0.621. The zero-order chi connectivity index (χ0) is 17.8. The van der Waals surface area contributed by atoms with Crippen molar-refractivity contribution in [1.82, 2.24) is 20.2 Å². The number of carbonyl (C=O) groups excluding carboxylic acids is 2. The molecular weight excluding hydrogens is 308 g/mol. The normalized spacial score (nSPS) is 11.8. The molecule has 134 valence electrons. The van der Waals surface area contributed by atoms with Crippen LogP contribution in [-0.4, -0.2) is 59.0 Å². The first-order valence-corrected chi connectivity index (χ1v) is 8.50. The van der Waals surface area contributed by atoms with E-state index in [1.54, 1.807) is 4.90 Å². The largest absolute Gasteiger partial charge is 0.382 e. The highest BCUT2D eigenvalue weighted by Gasteiger charge is 2.18. The Bertz CT molecular complexity index is 496. The van der Waals surface area contributed by atoms with Gasteiger partial charge in [-0.15, -0.1) is 0 Å². The Morgan fingerprint density at radius 1 is 1.29 bits per heavy atom. The van der Waals surface area contributed by atoms with Crippen LogP contribution in [0.15, 0.2) is 18.6 Å². The van der Waals surface area contributed by atoms with Crippen molar-refractivity contribution < 1.29 is 14.3 Å². The SMILES string of the molecule is CCOCCCN(CCC(=O)NC(C)CC)C(=O)c1cnccn1. The van der Waals surface area contributed by atoms with Crippen LogP contribution < -0.4 is 5.32 Å². The summed E-state index contributed by atoms with van der Waals surface area (Å²) in [6.07, 6.45) is 6.31. The van der Waals surface area contributed by atoms with Crippen LogP contribution >= 0.6 is 0 Å². The first-order chi connectivity index (χ1) is 11.6. The number of rotatable bonds is 11.